The van der Waals surface area contributed by atoms with Crippen molar-refractivity contribution in [2.45, 2.75) is 56.7 Å². The summed E-state index contributed by atoms with van der Waals surface area (Å²) in [4.78, 5) is 40.5. The van der Waals surface area contributed by atoms with E-state index in [-0.39, 0.29) is 43.1 Å². The molecule has 0 saturated carbocycles. The molecule has 2 saturated heterocycles. The number of para-hydroxylation sites is 2. The Morgan fingerprint density at radius 1 is 1.15 bits per heavy atom. The average Bonchev–Trinajstić information content (AvgIpc) is 3.02. The third-order valence-corrected chi connectivity index (χ3v) is 6.01. The minimum absolute atomic E-state index is 0.00245. The van der Waals surface area contributed by atoms with Crippen molar-refractivity contribution in [1.29, 1.82) is 0 Å². The first-order chi connectivity index (χ1) is 13.0. The van der Waals surface area contributed by atoms with Gasteiger partial charge in [0.15, 0.2) is 0 Å². The maximum absolute atomic E-state index is 12.7. The van der Waals surface area contributed by atoms with Crippen LogP contribution in [-0.2, 0) is 14.4 Å². The Balaban J connectivity index is 1.35. The minimum Gasteiger partial charge on any atom is -0.343 e. The van der Waals surface area contributed by atoms with Crippen LogP contribution in [0.25, 0.3) is 0 Å². The molecule has 7 heteroatoms. The molecule has 2 fully saturated rings. The third kappa shape index (κ3) is 3.69. The molecule has 1 aromatic carbocycles. The van der Waals surface area contributed by atoms with Crippen molar-refractivity contribution in [1.82, 2.24) is 10.2 Å². The molecule has 2 N–H and O–H groups in total. The summed E-state index contributed by atoms with van der Waals surface area (Å²) in [5.41, 5.74) is 1.33. The number of amides is 3. The van der Waals surface area contributed by atoms with Gasteiger partial charge < -0.3 is 20.4 Å². The first-order valence-electron chi connectivity index (χ1n) is 9.72. The maximum atomic E-state index is 12.7. The van der Waals surface area contributed by atoms with Crippen LogP contribution in [0.15, 0.2) is 24.3 Å². The number of hydrogen-bond acceptors (Lipinski definition) is 4. The Bertz CT molecular complexity index is 753. The summed E-state index contributed by atoms with van der Waals surface area (Å²) in [5.74, 6) is -0.399. The van der Waals surface area contributed by atoms with Crippen molar-refractivity contribution in [2.24, 2.45) is 0 Å². The maximum Gasteiger partial charge on any atom is 0.244 e. The van der Waals surface area contributed by atoms with E-state index in [2.05, 4.69) is 10.6 Å². The van der Waals surface area contributed by atoms with Gasteiger partial charge in [-0.2, -0.15) is 0 Å². The summed E-state index contributed by atoms with van der Waals surface area (Å²) in [6.45, 7) is -0.00245. The van der Waals surface area contributed by atoms with Crippen LogP contribution in [0.5, 0.6) is 0 Å². The van der Waals surface area contributed by atoms with E-state index in [1.807, 2.05) is 30.1 Å². The van der Waals surface area contributed by atoms with E-state index in [4.69, 9.17) is 0 Å². The fourth-order valence-corrected chi connectivity index (χ4v) is 4.53. The molecule has 2 atom stereocenters. The Labute approximate surface area is 159 Å². The summed E-state index contributed by atoms with van der Waals surface area (Å²) in [6.07, 6.45) is 4.66. The van der Waals surface area contributed by atoms with Gasteiger partial charge in [-0.1, -0.05) is 12.1 Å². The fourth-order valence-electron chi connectivity index (χ4n) is 4.53. The van der Waals surface area contributed by atoms with Crippen LogP contribution in [0.1, 0.15) is 38.5 Å². The minimum atomic E-state index is -0.212. The molecule has 1 aromatic rings. The molecule has 27 heavy (non-hydrogen) atoms. The monoisotopic (exact) mass is 370 g/mol. The molecule has 7 nitrogen and oxygen atoms in total. The Kier molecular flexibility index (Phi) is 4.86. The highest BCUT2D eigenvalue weighted by Gasteiger charge is 2.36. The topological polar surface area (TPSA) is 81.8 Å². The predicted octanol–water partition coefficient (Wildman–Crippen LogP) is 1.49. The first-order valence-corrected chi connectivity index (χ1v) is 9.72. The Hall–Kier alpha value is -2.41. The molecule has 0 aromatic heterocycles. The van der Waals surface area contributed by atoms with Gasteiger partial charge in [0.1, 0.15) is 6.54 Å². The lowest BCUT2D eigenvalue weighted by Crippen LogP contribution is -2.49. The molecule has 0 spiro atoms. The van der Waals surface area contributed by atoms with Crippen molar-refractivity contribution in [3.05, 3.63) is 24.3 Å². The number of rotatable bonds is 4. The van der Waals surface area contributed by atoms with Crippen molar-refractivity contribution in [3.8, 4) is 0 Å². The lowest BCUT2D eigenvalue weighted by Gasteiger charge is -2.35. The van der Waals surface area contributed by atoms with E-state index < -0.39 is 0 Å². The van der Waals surface area contributed by atoms with E-state index in [0.717, 1.165) is 12.8 Å². The van der Waals surface area contributed by atoms with Crippen LogP contribution in [0.4, 0.5) is 11.4 Å². The second-order valence-corrected chi connectivity index (χ2v) is 7.81. The summed E-state index contributed by atoms with van der Waals surface area (Å²) in [6, 6.07) is 8.54. The molecule has 2 unspecified atom stereocenters. The highest BCUT2D eigenvalue weighted by molar-refractivity contribution is 6.10. The van der Waals surface area contributed by atoms with Crippen molar-refractivity contribution in [3.63, 3.8) is 0 Å². The van der Waals surface area contributed by atoms with E-state index in [1.165, 1.54) is 17.7 Å². The van der Waals surface area contributed by atoms with Crippen LogP contribution in [-0.4, -0.2) is 54.3 Å². The lowest BCUT2D eigenvalue weighted by molar-refractivity contribution is -0.134. The number of hydrogen-bond donors (Lipinski definition) is 2. The van der Waals surface area contributed by atoms with Gasteiger partial charge in [0.05, 0.1) is 11.4 Å². The fraction of sp³-hybridized carbons (Fsp3) is 0.550. The first kappa shape index (κ1) is 18.0. The number of fused-ring (bicyclic) bond motifs is 3. The molecule has 3 aliphatic heterocycles. The Morgan fingerprint density at radius 2 is 1.85 bits per heavy atom. The van der Waals surface area contributed by atoms with Crippen LogP contribution in [0, 0.1) is 0 Å². The van der Waals surface area contributed by atoms with E-state index in [9.17, 15) is 14.4 Å². The molecular weight excluding hydrogens is 344 g/mol. The Morgan fingerprint density at radius 3 is 2.59 bits per heavy atom. The summed E-state index contributed by atoms with van der Waals surface area (Å²) in [5, 5.41) is 6.36. The van der Waals surface area contributed by atoms with E-state index in [0.29, 0.717) is 23.5 Å². The van der Waals surface area contributed by atoms with Crippen molar-refractivity contribution in [2.75, 3.05) is 23.8 Å². The number of nitrogens with one attached hydrogen (secondary N) is 2. The molecule has 0 radical (unpaired) electrons. The standard InChI is InChI=1S/C20H26N4O3/c1-23(15-10-13-6-7-14(11-15)21-13)19(26)8-9-20(27)24-12-18(25)22-16-4-2-3-5-17(16)24/h2-5,13-15,21H,6-12H2,1H3,(H,22,25). The van der Waals surface area contributed by atoms with Crippen LogP contribution >= 0.6 is 0 Å². The molecular formula is C20H26N4O3. The van der Waals surface area contributed by atoms with Gasteiger partial charge in [-0.15, -0.1) is 0 Å². The molecule has 3 amide bonds. The average molecular weight is 370 g/mol. The lowest BCUT2D eigenvalue weighted by atomic mass is 9.98. The molecule has 3 heterocycles. The zero-order chi connectivity index (χ0) is 19.0. The summed E-state index contributed by atoms with van der Waals surface area (Å²) >= 11 is 0. The number of carbonyl (C=O) groups is 3. The van der Waals surface area contributed by atoms with E-state index >= 15 is 0 Å². The normalized spacial score (nSPS) is 26.3. The zero-order valence-corrected chi connectivity index (χ0v) is 15.6. The molecule has 144 valence electrons. The highest BCUT2D eigenvalue weighted by Crippen LogP contribution is 2.31. The SMILES string of the molecule is CN(C(=O)CCC(=O)N1CC(=O)Nc2ccccc21)C1CC2CCC(C1)N2. The zero-order valence-electron chi connectivity index (χ0n) is 15.6. The second-order valence-electron chi connectivity index (χ2n) is 7.81. The number of benzene rings is 1. The summed E-state index contributed by atoms with van der Waals surface area (Å²) < 4.78 is 0. The third-order valence-electron chi connectivity index (χ3n) is 6.01. The van der Waals surface area contributed by atoms with Crippen molar-refractivity contribution >= 4 is 29.1 Å². The number of anilines is 2. The van der Waals surface area contributed by atoms with Gasteiger partial charge in [-0.3, -0.25) is 14.4 Å². The van der Waals surface area contributed by atoms with E-state index in [1.54, 1.807) is 6.07 Å². The van der Waals surface area contributed by atoms with Gasteiger partial charge >= 0.3 is 0 Å². The molecule has 2 bridgehead atoms. The molecule has 4 rings (SSSR count). The summed E-state index contributed by atoms with van der Waals surface area (Å²) in [7, 11) is 1.85. The molecule has 0 aliphatic carbocycles. The highest BCUT2D eigenvalue weighted by atomic mass is 16.2. The number of piperidine rings is 1. The van der Waals surface area contributed by atoms with Gasteiger partial charge in [0, 0.05) is 38.0 Å². The quantitative estimate of drug-likeness (QED) is 0.841. The van der Waals surface area contributed by atoms with Gasteiger partial charge in [0.25, 0.3) is 0 Å². The van der Waals surface area contributed by atoms with Crippen LogP contribution in [0.3, 0.4) is 0 Å². The van der Waals surface area contributed by atoms with Gasteiger partial charge in [-0.25, -0.2) is 0 Å². The predicted molar refractivity (Wildman–Crippen MR) is 102 cm³/mol. The number of nitrogens with zero attached hydrogens (tertiary/aromatic N) is 2. The van der Waals surface area contributed by atoms with Crippen LogP contribution < -0.4 is 15.5 Å². The largest absolute Gasteiger partial charge is 0.343 e. The van der Waals surface area contributed by atoms with Crippen molar-refractivity contribution < 1.29 is 14.4 Å². The smallest absolute Gasteiger partial charge is 0.244 e. The van der Waals surface area contributed by atoms with Crippen LogP contribution in [0.2, 0.25) is 0 Å². The second kappa shape index (κ2) is 7.31. The van der Waals surface area contributed by atoms with Gasteiger partial charge in [0.2, 0.25) is 17.7 Å². The molecule has 3 aliphatic rings. The number of carbonyl (C=O) groups excluding carboxylic acids is 3. The van der Waals surface area contributed by atoms with Gasteiger partial charge in [-0.05, 0) is 37.8 Å².